The third-order valence-electron chi connectivity index (χ3n) is 6.79. The summed E-state index contributed by atoms with van der Waals surface area (Å²) in [6, 6.07) is 13.8. The number of rotatable bonds is 6. The van der Waals surface area contributed by atoms with Crippen molar-refractivity contribution in [3.63, 3.8) is 0 Å². The molecule has 5 heterocycles. The van der Waals surface area contributed by atoms with Gasteiger partial charge < -0.3 is 29.6 Å². The Kier molecular flexibility index (Phi) is 8.06. The second kappa shape index (κ2) is 11.8. The van der Waals surface area contributed by atoms with Gasteiger partial charge in [-0.2, -0.15) is 13.5 Å². The standard InChI is InChI=1S/C27H29N7O3.H2S/c35-27(24-2-1-14-37-24)34-12-10-33(11-13-34)20-5-3-19(4-6-20)22-16-23-25(30-8-7-29-23)26(32-22)31-18-21-17-28-9-15-36-21;/h1-8,14,16,21,28H,9-13,15,17-18H2,(H,31,32);1H2/t21-;/m0./s1. The SMILES string of the molecule is O=C(c1ccco1)N1CCN(c2ccc(-c3cc4nccnc4c(NC[C@@H]4CNCCO4)n3)cc2)CC1.S. The first-order chi connectivity index (χ1) is 18.2. The monoisotopic (exact) mass is 533 g/mol. The van der Waals surface area contributed by atoms with Crippen molar-refractivity contribution in [2.24, 2.45) is 0 Å². The van der Waals surface area contributed by atoms with E-state index < -0.39 is 0 Å². The number of piperazine rings is 1. The van der Waals surface area contributed by atoms with Gasteiger partial charge in [0.25, 0.3) is 5.91 Å². The summed E-state index contributed by atoms with van der Waals surface area (Å²) in [5, 5.41) is 6.78. The molecule has 2 fully saturated rings. The molecule has 2 saturated heterocycles. The Labute approximate surface area is 227 Å². The lowest BCUT2D eigenvalue weighted by Gasteiger charge is -2.35. The number of hydrogen-bond donors (Lipinski definition) is 2. The summed E-state index contributed by atoms with van der Waals surface area (Å²) in [7, 11) is 0. The van der Waals surface area contributed by atoms with Crippen molar-refractivity contribution < 1.29 is 13.9 Å². The minimum atomic E-state index is -0.0544. The molecule has 1 aromatic carbocycles. The molecule has 3 aromatic heterocycles. The number of morpholine rings is 1. The van der Waals surface area contributed by atoms with Crippen LogP contribution in [0.4, 0.5) is 11.5 Å². The number of fused-ring (bicyclic) bond motifs is 1. The van der Waals surface area contributed by atoms with E-state index in [1.807, 2.05) is 11.0 Å². The van der Waals surface area contributed by atoms with E-state index in [2.05, 4.69) is 49.8 Å². The lowest BCUT2D eigenvalue weighted by molar-refractivity contribution is 0.0372. The van der Waals surface area contributed by atoms with E-state index in [0.717, 1.165) is 54.2 Å². The molecule has 2 aliphatic rings. The zero-order chi connectivity index (χ0) is 25.0. The molecule has 0 unspecified atom stereocenters. The van der Waals surface area contributed by atoms with E-state index >= 15 is 0 Å². The van der Waals surface area contributed by atoms with Crippen molar-refractivity contribution >= 4 is 41.9 Å². The van der Waals surface area contributed by atoms with Gasteiger partial charge in [0.15, 0.2) is 11.6 Å². The number of pyridine rings is 1. The lowest BCUT2D eigenvalue weighted by atomic mass is 10.1. The molecular weight excluding hydrogens is 502 g/mol. The van der Waals surface area contributed by atoms with E-state index in [1.165, 1.54) is 6.26 Å². The van der Waals surface area contributed by atoms with Gasteiger partial charge in [-0.1, -0.05) is 12.1 Å². The third-order valence-corrected chi connectivity index (χ3v) is 6.79. The molecule has 1 atom stereocenters. The highest BCUT2D eigenvalue weighted by Crippen LogP contribution is 2.28. The Balaban J connectivity index is 0.00000294. The topological polar surface area (TPSA) is 109 Å². The molecule has 2 N–H and O–H groups in total. The minimum absolute atomic E-state index is 0. The first kappa shape index (κ1) is 26.0. The van der Waals surface area contributed by atoms with E-state index in [1.54, 1.807) is 24.5 Å². The number of amides is 1. The van der Waals surface area contributed by atoms with Gasteiger partial charge in [0.05, 0.1) is 30.2 Å². The van der Waals surface area contributed by atoms with E-state index in [4.69, 9.17) is 14.1 Å². The van der Waals surface area contributed by atoms with Crippen LogP contribution in [0.3, 0.4) is 0 Å². The van der Waals surface area contributed by atoms with Crippen LogP contribution in [0.25, 0.3) is 22.3 Å². The molecule has 0 saturated carbocycles. The van der Waals surface area contributed by atoms with Gasteiger partial charge in [0.1, 0.15) is 5.52 Å². The molecule has 0 spiro atoms. The molecule has 10 nitrogen and oxygen atoms in total. The fourth-order valence-electron chi connectivity index (χ4n) is 4.77. The number of carbonyl (C=O) groups excluding carboxylic acids is 1. The molecule has 11 heteroatoms. The Morgan fingerprint density at radius 1 is 1.08 bits per heavy atom. The zero-order valence-electron chi connectivity index (χ0n) is 21.0. The summed E-state index contributed by atoms with van der Waals surface area (Å²) in [6.45, 7) is 5.88. The summed E-state index contributed by atoms with van der Waals surface area (Å²) < 4.78 is 11.1. The summed E-state index contributed by atoms with van der Waals surface area (Å²) in [4.78, 5) is 30.6. The highest BCUT2D eigenvalue weighted by molar-refractivity contribution is 7.59. The van der Waals surface area contributed by atoms with Crippen LogP contribution in [0.2, 0.25) is 0 Å². The first-order valence-electron chi connectivity index (χ1n) is 12.6. The Bertz CT molecular complexity index is 1350. The number of anilines is 2. The predicted molar refractivity (Wildman–Crippen MR) is 151 cm³/mol. The fourth-order valence-corrected chi connectivity index (χ4v) is 4.77. The van der Waals surface area contributed by atoms with E-state index in [0.29, 0.717) is 37.8 Å². The second-order valence-corrected chi connectivity index (χ2v) is 9.16. The van der Waals surface area contributed by atoms with Gasteiger partial charge in [0.2, 0.25) is 0 Å². The number of aromatic nitrogens is 3. The number of benzene rings is 1. The summed E-state index contributed by atoms with van der Waals surface area (Å²) in [5.74, 6) is 1.04. The highest BCUT2D eigenvalue weighted by Gasteiger charge is 2.24. The molecule has 0 aliphatic carbocycles. The molecule has 6 rings (SSSR count). The van der Waals surface area contributed by atoms with Crippen molar-refractivity contribution in [1.82, 2.24) is 25.2 Å². The number of hydrogen-bond acceptors (Lipinski definition) is 9. The average molecular weight is 534 g/mol. The van der Waals surface area contributed by atoms with Gasteiger partial charge in [-0.15, -0.1) is 0 Å². The van der Waals surface area contributed by atoms with Crippen LogP contribution in [0.15, 0.2) is 65.5 Å². The van der Waals surface area contributed by atoms with Crippen molar-refractivity contribution in [3.05, 3.63) is 66.9 Å². The van der Waals surface area contributed by atoms with Crippen LogP contribution in [0.5, 0.6) is 0 Å². The third kappa shape index (κ3) is 5.59. The number of furan rings is 1. The molecule has 4 aromatic rings. The van der Waals surface area contributed by atoms with Crippen LogP contribution in [0, 0.1) is 0 Å². The maximum atomic E-state index is 12.5. The van der Waals surface area contributed by atoms with Gasteiger partial charge >= 0.3 is 0 Å². The van der Waals surface area contributed by atoms with Gasteiger partial charge in [-0.25, -0.2) is 9.97 Å². The average Bonchev–Trinajstić information content (AvgIpc) is 3.51. The zero-order valence-corrected chi connectivity index (χ0v) is 22.0. The quantitative estimate of drug-likeness (QED) is 0.387. The van der Waals surface area contributed by atoms with Crippen LogP contribution in [0.1, 0.15) is 10.6 Å². The molecule has 2 aliphatic heterocycles. The largest absolute Gasteiger partial charge is 0.459 e. The van der Waals surface area contributed by atoms with E-state index in [9.17, 15) is 4.79 Å². The van der Waals surface area contributed by atoms with Crippen molar-refractivity contribution in [2.45, 2.75) is 6.10 Å². The van der Waals surface area contributed by atoms with Crippen molar-refractivity contribution in [3.8, 4) is 11.3 Å². The first-order valence-corrected chi connectivity index (χ1v) is 12.6. The Morgan fingerprint density at radius 3 is 2.63 bits per heavy atom. The minimum Gasteiger partial charge on any atom is -0.459 e. The molecule has 38 heavy (non-hydrogen) atoms. The summed E-state index contributed by atoms with van der Waals surface area (Å²) in [5.41, 5.74) is 4.49. The maximum absolute atomic E-state index is 12.5. The van der Waals surface area contributed by atoms with Crippen LogP contribution >= 0.6 is 13.5 Å². The highest BCUT2D eigenvalue weighted by atomic mass is 32.1. The van der Waals surface area contributed by atoms with Crippen LogP contribution < -0.4 is 15.5 Å². The van der Waals surface area contributed by atoms with E-state index in [-0.39, 0.29) is 25.5 Å². The molecule has 0 radical (unpaired) electrons. The van der Waals surface area contributed by atoms with Crippen LogP contribution in [-0.2, 0) is 4.74 Å². The smallest absolute Gasteiger partial charge is 0.289 e. The number of nitrogens with zero attached hydrogens (tertiary/aromatic N) is 5. The normalized spacial score (nSPS) is 17.7. The van der Waals surface area contributed by atoms with Crippen molar-refractivity contribution in [2.75, 3.05) is 62.6 Å². The second-order valence-electron chi connectivity index (χ2n) is 9.16. The molecule has 198 valence electrons. The Hall–Kier alpha value is -3.67. The Morgan fingerprint density at radius 2 is 1.89 bits per heavy atom. The van der Waals surface area contributed by atoms with Crippen LogP contribution in [-0.4, -0.2) is 84.3 Å². The number of nitrogens with one attached hydrogen (secondary N) is 2. The molecular formula is C27H31N7O3S. The van der Waals surface area contributed by atoms with Gasteiger partial charge in [0, 0.05) is 69.5 Å². The number of ether oxygens (including phenoxy) is 1. The van der Waals surface area contributed by atoms with Gasteiger partial charge in [-0.05, 0) is 30.3 Å². The van der Waals surface area contributed by atoms with Gasteiger partial charge in [-0.3, -0.25) is 9.78 Å². The number of carbonyl (C=O) groups is 1. The summed E-state index contributed by atoms with van der Waals surface area (Å²) in [6.07, 6.45) is 5.00. The molecule has 0 bridgehead atoms. The maximum Gasteiger partial charge on any atom is 0.289 e. The lowest BCUT2D eigenvalue weighted by Crippen LogP contribution is -2.48. The van der Waals surface area contributed by atoms with Crippen molar-refractivity contribution in [1.29, 1.82) is 0 Å². The fraction of sp³-hybridized carbons (Fsp3) is 0.333. The molecule has 1 amide bonds. The summed E-state index contributed by atoms with van der Waals surface area (Å²) >= 11 is 0. The predicted octanol–water partition coefficient (Wildman–Crippen LogP) is 2.76.